The second-order valence-electron chi connectivity index (χ2n) is 8.27. The van der Waals surface area contributed by atoms with Crippen molar-refractivity contribution in [3.05, 3.63) is 23.8 Å². The lowest BCUT2D eigenvalue weighted by molar-refractivity contribution is -0.139. The fourth-order valence-electron chi connectivity index (χ4n) is 4.55. The van der Waals surface area contributed by atoms with Crippen molar-refractivity contribution in [1.82, 2.24) is 4.90 Å². The van der Waals surface area contributed by atoms with Crippen LogP contribution >= 0.6 is 0 Å². The Bertz CT molecular complexity index is 847. The molecule has 0 unspecified atom stereocenters. The van der Waals surface area contributed by atoms with Crippen molar-refractivity contribution in [3.63, 3.8) is 0 Å². The number of alkyl halides is 3. The highest BCUT2D eigenvalue weighted by molar-refractivity contribution is 7.92. The number of halogens is 3. The maximum absolute atomic E-state index is 13.8. The van der Waals surface area contributed by atoms with Crippen LogP contribution in [0.3, 0.4) is 0 Å². The van der Waals surface area contributed by atoms with Gasteiger partial charge in [-0.05, 0) is 50.3 Å². The largest absolute Gasteiger partial charge is 0.417 e. The maximum atomic E-state index is 13.8. The number of piperazine rings is 1. The van der Waals surface area contributed by atoms with Gasteiger partial charge in [0.25, 0.3) is 0 Å². The fourth-order valence-corrected chi connectivity index (χ4v) is 6.56. The first-order valence-corrected chi connectivity index (χ1v) is 11.7. The number of sulfone groups is 1. The van der Waals surface area contributed by atoms with Gasteiger partial charge in [-0.1, -0.05) is 0 Å². The third kappa shape index (κ3) is 4.27. The first-order valence-electron chi connectivity index (χ1n) is 10.2. The Hall–Kier alpha value is -1.32. The number of methoxy groups -OCH3 is 1. The quantitative estimate of drug-likeness (QED) is 0.715. The minimum atomic E-state index is -4.73. The van der Waals surface area contributed by atoms with Gasteiger partial charge in [-0.3, -0.25) is 4.90 Å². The second-order valence-corrected chi connectivity index (χ2v) is 10.5. The van der Waals surface area contributed by atoms with Crippen molar-refractivity contribution in [2.45, 2.75) is 60.6 Å². The molecule has 3 fully saturated rings. The Labute approximate surface area is 169 Å². The van der Waals surface area contributed by atoms with Crippen molar-refractivity contribution < 1.29 is 26.3 Å². The van der Waals surface area contributed by atoms with Crippen molar-refractivity contribution >= 4 is 15.5 Å². The second kappa shape index (κ2) is 7.74. The summed E-state index contributed by atoms with van der Waals surface area (Å²) in [6.07, 6.45) is -1.43. The Morgan fingerprint density at radius 3 is 2.28 bits per heavy atom. The van der Waals surface area contributed by atoms with E-state index >= 15 is 0 Å². The number of hydrogen-bond acceptors (Lipinski definition) is 5. The van der Waals surface area contributed by atoms with Gasteiger partial charge in [0.2, 0.25) is 0 Å². The summed E-state index contributed by atoms with van der Waals surface area (Å²) in [5, 5.41) is -0.832. The molecule has 9 heteroatoms. The molecule has 2 atom stereocenters. The fraction of sp³-hybridized carbons (Fsp3) is 0.700. The molecule has 0 N–H and O–H groups in total. The SMILES string of the molecule is CO[C@H]1CC[C@H](S(=O)(=O)c2ccc(N3CCN(C4CC4)CC3)cc2C(F)(F)F)C1. The number of benzene rings is 1. The summed E-state index contributed by atoms with van der Waals surface area (Å²) in [4.78, 5) is 3.69. The lowest BCUT2D eigenvalue weighted by Gasteiger charge is -2.36. The lowest BCUT2D eigenvalue weighted by atomic mass is 10.1. The van der Waals surface area contributed by atoms with Gasteiger partial charge in [0.05, 0.1) is 21.8 Å². The summed E-state index contributed by atoms with van der Waals surface area (Å²) in [5.74, 6) is 0. The van der Waals surface area contributed by atoms with Crippen LogP contribution in [0.1, 0.15) is 37.7 Å². The zero-order valence-electron chi connectivity index (χ0n) is 16.5. The predicted molar refractivity (Wildman–Crippen MR) is 104 cm³/mol. The zero-order valence-corrected chi connectivity index (χ0v) is 17.3. The van der Waals surface area contributed by atoms with Crippen molar-refractivity contribution in [1.29, 1.82) is 0 Å². The molecule has 4 rings (SSSR count). The smallest absolute Gasteiger partial charge is 0.381 e. The molecule has 1 aliphatic heterocycles. The maximum Gasteiger partial charge on any atom is 0.417 e. The summed E-state index contributed by atoms with van der Waals surface area (Å²) in [6, 6.07) is 4.33. The number of anilines is 1. The van der Waals surface area contributed by atoms with Crippen molar-refractivity contribution in [2.75, 3.05) is 38.2 Å². The minimum absolute atomic E-state index is 0.217. The molecule has 1 heterocycles. The van der Waals surface area contributed by atoms with Crippen LogP contribution < -0.4 is 4.90 Å². The van der Waals surface area contributed by atoms with Gasteiger partial charge in [0.1, 0.15) is 0 Å². The molecule has 162 valence electrons. The summed E-state index contributed by atoms with van der Waals surface area (Å²) < 4.78 is 72.6. The van der Waals surface area contributed by atoms with Gasteiger partial charge in [-0.2, -0.15) is 13.2 Å². The molecule has 0 bridgehead atoms. The summed E-state index contributed by atoms with van der Waals surface area (Å²) >= 11 is 0. The van der Waals surface area contributed by atoms with E-state index in [1.54, 1.807) is 0 Å². The highest BCUT2D eigenvalue weighted by Crippen LogP contribution is 2.40. The first-order chi connectivity index (χ1) is 13.7. The van der Waals surface area contributed by atoms with E-state index in [9.17, 15) is 21.6 Å². The van der Waals surface area contributed by atoms with Crippen LogP contribution in [0.25, 0.3) is 0 Å². The minimum Gasteiger partial charge on any atom is -0.381 e. The Balaban J connectivity index is 1.60. The monoisotopic (exact) mass is 432 g/mol. The molecule has 1 aromatic carbocycles. The van der Waals surface area contributed by atoms with Gasteiger partial charge < -0.3 is 9.64 Å². The molecule has 3 aliphatic rings. The zero-order chi connectivity index (χ0) is 20.8. The number of nitrogens with zero attached hydrogens (tertiary/aromatic N) is 2. The molecule has 0 aromatic heterocycles. The summed E-state index contributed by atoms with van der Waals surface area (Å²) in [5.41, 5.74) is -0.617. The molecular formula is C20H27F3N2O3S. The van der Waals surface area contributed by atoms with Crippen molar-refractivity contribution in [3.8, 4) is 0 Å². The molecule has 29 heavy (non-hydrogen) atoms. The number of hydrogen-bond donors (Lipinski definition) is 0. The molecule has 0 spiro atoms. The number of ether oxygens (including phenoxy) is 1. The van der Waals surface area contributed by atoms with Crippen LogP contribution in [-0.4, -0.2) is 64.0 Å². The van der Waals surface area contributed by atoms with E-state index in [2.05, 4.69) is 4.90 Å². The molecule has 5 nitrogen and oxygen atoms in total. The van der Waals surface area contributed by atoms with E-state index < -0.39 is 31.7 Å². The third-order valence-electron chi connectivity index (χ3n) is 6.43. The van der Waals surface area contributed by atoms with Gasteiger partial charge >= 0.3 is 6.18 Å². The van der Waals surface area contributed by atoms with E-state index in [-0.39, 0.29) is 12.5 Å². The van der Waals surface area contributed by atoms with E-state index in [1.807, 2.05) is 4.90 Å². The standard InChI is InChI=1S/C20H27F3N2O3S/c1-28-16-5-6-17(13-16)29(26,27)19-7-4-15(12-18(19)20(21,22)23)25-10-8-24(9-11-25)14-2-3-14/h4,7,12,14,16-17H,2-3,5-6,8-11,13H2,1H3/t16-,17-/m0/s1. The topological polar surface area (TPSA) is 49.9 Å². The van der Waals surface area contributed by atoms with Gasteiger partial charge in [-0.25, -0.2) is 8.42 Å². The molecule has 1 aromatic rings. The Morgan fingerprint density at radius 2 is 1.72 bits per heavy atom. The highest BCUT2D eigenvalue weighted by atomic mass is 32.2. The molecule has 2 saturated carbocycles. The van der Waals surface area contributed by atoms with Crippen LogP contribution in [0.5, 0.6) is 0 Å². The normalized spacial score (nSPS) is 26.8. The lowest BCUT2D eigenvalue weighted by Crippen LogP contribution is -2.47. The van der Waals surface area contributed by atoms with Gasteiger partial charge in [-0.15, -0.1) is 0 Å². The van der Waals surface area contributed by atoms with E-state index in [4.69, 9.17) is 4.74 Å². The Kier molecular flexibility index (Phi) is 5.59. The molecule has 0 amide bonds. The molecule has 1 saturated heterocycles. The average molecular weight is 433 g/mol. The molecular weight excluding hydrogens is 405 g/mol. The van der Waals surface area contributed by atoms with Crippen LogP contribution in [0.4, 0.5) is 18.9 Å². The van der Waals surface area contributed by atoms with E-state index in [1.165, 1.54) is 26.0 Å². The van der Waals surface area contributed by atoms with Crippen LogP contribution in [-0.2, 0) is 20.8 Å². The summed E-state index contributed by atoms with van der Waals surface area (Å²) in [6.45, 7) is 2.95. The average Bonchev–Trinajstić information content (AvgIpc) is 3.43. The summed E-state index contributed by atoms with van der Waals surface area (Å²) in [7, 11) is -2.58. The van der Waals surface area contributed by atoms with Gasteiger partial charge in [0.15, 0.2) is 9.84 Å². The predicted octanol–water partition coefficient (Wildman–Crippen LogP) is 3.33. The van der Waals surface area contributed by atoms with Crippen molar-refractivity contribution in [2.24, 2.45) is 0 Å². The third-order valence-corrected chi connectivity index (χ3v) is 8.70. The van der Waals surface area contributed by atoms with Gasteiger partial charge in [0, 0.05) is 45.0 Å². The van der Waals surface area contributed by atoms with Crippen LogP contribution in [0.15, 0.2) is 23.1 Å². The molecule has 0 radical (unpaired) electrons. The van der Waals surface area contributed by atoms with E-state index in [0.29, 0.717) is 37.7 Å². The number of rotatable bonds is 5. The first kappa shape index (κ1) is 20.9. The molecule has 2 aliphatic carbocycles. The van der Waals surface area contributed by atoms with Crippen LogP contribution in [0, 0.1) is 0 Å². The van der Waals surface area contributed by atoms with E-state index in [0.717, 1.165) is 25.2 Å². The highest BCUT2D eigenvalue weighted by Gasteiger charge is 2.42. The van der Waals surface area contributed by atoms with Crippen LogP contribution in [0.2, 0.25) is 0 Å². The Morgan fingerprint density at radius 1 is 1.03 bits per heavy atom.